The van der Waals surface area contributed by atoms with Crippen LogP contribution in [0.4, 0.5) is 0 Å². The van der Waals surface area contributed by atoms with Gasteiger partial charge < -0.3 is 0 Å². The van der Waals surface area contributed by atoms with E-state index in [4.69, 9.17) is 0 Å². The third-order valence-electron chi connectivity index (χ3n) is 0.684. The fourth-order valence-corrected chi connectivity index (χ4v) is 0.364. The molecule has 0 fully saturated rings. The molecule has 0 unspecified atom stereocenters. The highest BCUT2D eigenvalue weighted by Crippen LogP contribution is 1.59. The molecule has 0 bridgehead atoms. The summed E-state index contributed by atoms with van der Waals surface area (Å²) in [6.45, 7) is 0. The Bertz CT molecular complexity index is 113. The molecule has 0 atom stereocenters. The predicted octanol–water partition coefficient (Wildman–Crippen LogP) is -3.16. The van der Waals surface area contributed by atoms with Crippen LogP contribution in [0.25, 0.3) is 0 Å². The van der Waals surface area contributed by atoms with Crippen molar-refractivity contribution < 1.29 is 28.5 Å². The molecule has 0 aliphatic rings. The molecule has 1 rings (SSSR count). The highest BCUT2D eigenvalue weighted by atomic mass is 127. The molecular formula is C4H7IN2+2. The van der Waals surface area contributed by atoms with Gasteiger partial charge in [0.2, 0.25) is 6.33 Å². The molecule has 0 saturated carbocycles. The molecular weight excluding hydrogens is 203 g/mol. The van der Waals surface area contributed by atoms with Gasteiger partial charge >= 0.3 is 24.0 Å². The fourth-order valence-electron chi connectivity index (χ4n) is 0.364. The van der Waals surface area contributed by atoms with E-state index in [1.807, 2.05) is 30.3 Å². The van der Waals surface area contributed by atoms with Crippen LogP contribution in [0.5, 0.6) is 0 Å². The molecule has 3 heteroatoms. The maximum absolute atomic E-state index is 2.89. The van der Waals surface area contributed by atoms with Crippen molar-refractivity contribution in [1.82, 2.24) is 4.98 Å². The Morgan fingerprint density at radius 2 is 2.29 bits per heavy atom. The van der Waals surface area contributed by atoms with Crippen molar-refractivity contribution in [2.75, 3.05) is 0 Å². The zero-order chi connectivity index (χ0) is 4.41. The number of hydrogen-bond acceptors (Lipinski definition) is 0. The summed E-state index contributed by atoms with van der Waals surface area (Å²) in [5.74, 6) is 0. The number of H-pyrrole nitrogens is 1. The van der Waals surface area contributed by atoms with Gasteiger partial charge in [-0.3, -0.25) is 4.98 Å². The Labute approximate surface area is 59.6 Å². The number of rotatable bonds is 0. The average molecular weight is 210 g/mol. The summed E-state index contributed by atoms with van der Waals surface area (Å²) in [6.07, 6.45) is 5.69. The van der Waals surface area contributed by atoms with E-state index in [1.54, 1.807) is 0 Å². The number of aromatic amines is 1. The Morgan fingerprint density at radius 1 is 1.57 bits per heavy atom. The van der Waals surface area contributed by atoms with Gasteiger partial charge in [0.1, 0.15) is 12.4 Å². The van der Waals surface area contributed by atoms with Crippen molar-refractivity contribution in [3.05, 3.63) is 18.7 Å². The molecule has 1 N–H and O–H groups in total. The van der Waals surface area contributed by atoms with Crippen LogP contribution in [0.2, 0.25) is 0 Å². The second kappa shape index (κ2) is 3.01. The van der Waals surface area contributed by atoms with Gasteiger partial charge in [0.25, 0.3) is 0 Å². The molecule has 7 heavy (non-hydrogen) atoms. The van der Waals surface area contributed by atoms with E-state index in [0.29, 0.717) is 0 Å². The summed E-state index contributed by atoms with van der Waals surface area (Å²) in [7, 11) is 1.97. The lowest BCUT2D eigenvalue weighted by atomic mass is 10.9. The molecule has 1 aromatic rings. The number of aryl methyl sites for hydroxylation is 1. The number of nitrogens with one attached hydrogen (secondary N) is 1. The van der Waals surface area contributed by atoms with Gasteiger partial charge in [-0.05, 0) is 0 Å². The van der Waals surface area contributed by atoms with Crippen LogP contribution in [-0.2, 0) is 7.05 Å². The molecule has 0 aliphatic heterocycles. The Balaban J connectivity index is 0.000000360. The van der Waals surface area contributed by atoms with E-state index in [2.05, 4.69) is 4.98 Å². The zero-order valence-electron chi connectivity index (χ0n) is 4.06. The highest BCUT2D eigenvalue weighted by Gasteiger charge is 1.78. The molecule has 0 spiro atoms. The smallest absolute Gasteiger partial charge is 0.250 e. The molecule has 1 heterocycles. The van der Waals surface area contributed by atoms with E-state index < -0.39 is 0 Å². The molecule has 38 valence electrons. The monoisotopic (exact) mass is 210 g/mol. The van der Waals surface area contributed by atoms with Crippen LogP contribution in [0.15, 0.2) is 18.7 Å². The number of nitrogens with zero attached hydrogens (tertiary/aromatic N) is 1. The third kappa shape index (κ3) is 1.91. The Kier molecular flexibility index (Phi) is 2.98. The summed E-state index contributed by atoms with van der Waals surface area (Å²) in [6, 6.07) is 0. The molecule has 2 radical (unpaired) electrons. The lowest BCUT2D eigenvalue weighted by molar-refractivity contribution is -0.670. The first kappa shape index (κ1) is 6.94. The SMILES string of the molecule is C[n+]1cc[nH]c1.[I+]. The maximum atomic E-state index is 2.89. The van der Waals surface area contributed by atoms with Gasteiger partial charge in [-0.1, -0.05) is 0 Å². The number of hydrogen-bond donors (Lipinski definition) is 1. The minimum Gasteiger partial charge on any atom is -0.250 e. The van der Waals surface area contributed by atoms with Crippen molar-refractivity contribution in [2.24, 2.45) is 7.05 Å². The summed E-state index contributed by atoms with van der Waals surface area (Å²) in [4.78, 5) is 2.89. The van der Waals surface area contributed by atoms with E-state index >= 15 is 0 Å². The quantitative estimate of drug-likeness (QED) is 0.344. The van der Waals surface area contributed by atoms with Crippen molar-refractivity contribution >= 4 is 0 Å². The number of aromatic nitrogens is 2. The second-order valence-corrected chi connectivity index (χ2v) is 1.28. The first-order valence-corrected chi connectivity index (χ1v) is 1.87. The summed E-state index contributed by atoms with van der Waals surface area (Å²) in [5, 5.41) is 0. The van der Waals surface area contributed by atoms with Crippen LogP contribution in [0.3, 0.4) is 0 Å². The zero-order valence-corrected chi connectivity index (χ0v) is 6.21. The van der Waals surface area contributed by atoms with Crippen molar-refractivity contribution in [3.63, 3.8) is 0 Å². The summed E-state index contributed by atoms with van der Waals surface area (Å²) < 4.78 is 1.94. The predicted molar refractivity (Wildman–Crippen MR) is 22.0 cm³/mol. The lowest BCUT2D eigenvalue weighted by Gasteiger charge is -1.66. The van der Waals surface area contributed by atoms with E-state index in [9.17, 15) is 0 Å². The largest absolute Gasteiger partial charge is 1.00 e. The maximum Gasteiger partial charge on any atom is 1.00 e. The summed E-state index contributed by atoms with van der Waals surface area (Å²) in [5.41, 5.74) is 0. The topological polar surface area (TPSA) is 19.7 Å². The minimum absolute atomic E-state index is 0. The normalized spacial score (nSPS) is 7.57. The number of halogens is 1. The van der Waals surface area contributed by atoms with Gasteiger partial charge in [0.15, 0.2) is 0 Å². The van der Waals surface area contributed by atoms with Crippen molar-refractivity contribution in [2.45, 2.75) is 0 Å². The van der Waals surface area contributed by atoms with Crippen molar-refractivity contribution in [3.8, 4) is 0 Å². The van der Waals surface area contributed by atoms with Crippen LogP contribution in [0.1, 0.15) is 0 Å². The highest BCUT2D eigenvalue weighted by molar-refractivity contribution is 4.54. The standard InChI is InChI=1S/C4H6N2.I/c1-6-3-2-5-4-6;/h2-4H,1H3;/q;+1/p+1. The Hall–Kier alpha value is -0.0600. The van der Waals surface area contributed by atoms with Gasteiger partial charge in [0.05, 0.1) is 7.05 Å². The summed E-state index contributed by atoms with van der Waals surface area (Å²) >= 11 is 0. The van der Waals surface area contributed by atoms with Gasteiger partial charge in [-0.2, -0.15) is 0 Å². The average Bonchev–Trinajstić information content (AvgIpc) is 1.86. The van der Waals surface area contributed by atoms with E-state index in [-0.39, 0.29) is 24.0 Å². The Morgan fingerprint density at radius 3 is 2.43 bits per heavy atom. The molecule has 1 aromatic heterocycles. The number of imidazole rings is 1. The molecule has 0 amide bonds. The van der Waals surface area contributed by atoms with Gasteiger partial charge in [0, 0.05) is 0 Å². The lowest BCUT2D eigenvalue weighted by Crippen LogP contribution is -3.00. The van der Waals surface area contributed by atoms with Gasteiger partial charge in [-0.15, -0.1) is 0 Å². The molecule has 0 saturated heterocycles. The van der Waals surface area contributed by atoms with Crippen molar-refractivity contribution in [1.29, 1.82) is 0 Å². The third-order valence-corrected chi connectivity index (χ3v) is 0.684. The van der Waals surface area contributed by atoms with E-state index in [1.165, 1.54) is 0 Å². The minimum atomic E-state index is 0. The first-order valence-electron chi connectivity index (χ1n) is 1.87. The van der Waals surface area contributed by atoms with Crippen LogP contribution < -0.4 is 28.5 Å². The van der Waals surface area contributed by atoms with Crippen LogP contribution in [-0.4, -0.2) is 4.98 Å². The van der Waals surface area contributed by atoms with Crippen LogP contribution >= 0.6 is 0 Å². The van der Waals surface area contributed by atoms with E-state index in [0.717, 1.165) is 0 Å². The first-order chi connectivity index (χ1) is 2.89. The van der Waals surface area contributed by atoms with Crippen LogP contribution in [0, 0.1) is 0 Å². The second-order valence-electron chi connectivity index (χ2n) is 1.28. The molecule has 2 nitrogen and oxygen atoms in total. The fraction of sp³-hybridized carbons (Fsp3) is 0.250. The molecule has 0 aromatic carbocycles. The van der Waals surface area contributed by atoms with Gasteiger partial charge in [-0.25, -0.2) is 4.57 Å². The molecule has 0 aliphatic carbocycles.